The van der Waals surface area contributed by atoms with Gasteiger partial charge in [-0.2, -0.15) is 0 Å². The van der Waals surface area contributed by atoms with E-state index in [1.807, 2.05) is 26.5 Å². The third-order valence-corrected chi connectivity index (χ3v) is 10.6. The van der Waals surface area contributed by atoms with E-state index >= 15 is 0 Å². The van der Waals surface area contributed by atoms with Crippen molar-refractivity contribution in [3.8, 4) is 11.8 Å². The number of benzene rings is 2. The monoisotopic (exact) mass is 416 g/mol. The lowest BCUT2D eigenvalue weighted by atomic mass is 10.1. The summed E-state index contributed by atoms with van der Waals surface area (Å²) >= 11 is 0. The fourth-order valence-electron chi connectivity index (χ4n) is 4.18. The van der Waals surface area contributed by atoms with Crippen LogP contribution in [-0.4, -0.2) is 24.5 Å². The SMILES string of the molecule is CC#C[C@H](CO[Si](c1ccccc1)(c1ccccc1)C(C)(C)C)Cc1cncn1C. The quantitative estimate of drug-likeness (QED) is 0.427. The number of nitrogens with zero attached hydrogens (tertiary/aromatic N) is 2. The Labute approximate surface area is 182 Å². The van der Waals surface area contributed by atoms with Crippen molar-refractivity contribution in [1.82, 2.24) is 9.55 Å². The second-order valence-electron chi connectivity index (χ2n) is 8.77. The van der Waals surface area contributed by atoms with Crippen LogP contribution in [0.15, 0.2) is 73.2 Å². The Morgan fingerprint density at radius 3 is 2.00 bits per heavy atom. The number of aryl methyl sites for hydroxylation is 1. The minimum Gasteiger partial charge on any atom is -0.406 e. The highest BCUT2D eigenvalue weighted by atomic mass is 28.4. The molecule has 0 aliphatic rings. The summed E-state index contributed by atoms with van der Waals surface area (Å²) in [5.41, 5.74) is 1.17. The molecule has 0 saturated heterocycles. The van der Waals surface area contributed by atoms with Gasteiger partial charge in [-0.25, -0.2) is 4.98 Å². The maximum atomic E-state index is 7.08. The Balaban J connectivity index is 2.01. The molecule has 1 atom stereocenters. The minimum absolute atomic E-state index is 0.0353. The van der Waals surface area contributed by atoms with Crippen molar-refractivity contribution in [2.45, 2.75) is 39.2 Å². The lowest BCUT2D eigenvalue weighted by molar-refractivity contribution is 0.262. The predicted octanol–water partition coefficient (Wildman–Crippen LogP) is 4.18. The van der Waals surface area contributed by atoms with Crippen molar-refractivity contribution in [1.29, 1.82) is 0 Å². The molecule has 0 fully saturated rings. The highest BCUT2D eigenvalue weighted by molar-refractivity contribution is 6.99. The second-order valence-corrected chi connectivity index (χ2v) is 13.1. The highest BCUT2D eigenvalue weighted by Crippen LogP contribution is 2.37. The van der Waals surface area contributed by atoms with Crippen LogP contribution in [0.3, 0.4) is 0 Å². The summed E-state index contributed by atoms with van der Waals surface area (Å²) in [5, 5.41) is 2.56. The number of aromatic nitrogens is 2. The molecule has 30 heavy (non-hydrogen) atoms. The first kappa shape index (κ1) is 22.1. The standard InChI is InChI=1S/C26H32N2OSi/c1-6-13-22(18-23-19-27-21-28(23)5)20-29-30(26(2,3)4,24-14-9-7-10-15-24)25-16-11-8-12-17-25/h7-12,14-17,19,21-22H,18,20H2,1-5H3/t22-/m0/s1. The molecular formula is C26H32N2OSi. The van der Waals surface area contributed by atoms with Gasteiger partial charge in [0.2, 0.25) is 0 Å². The normalized spacial score (nSPS) is 12.8. The van der Waals surface area contributed by atoms with Crippen molar-refractivity contribution in [2.75, 3.05) is 6.61 Å². The van der Waals surface area contributed by atoms with Gasteiger partial charge < -0.3 is 8.99 Å². The topological polar surface area (TPSA) is 27.1 Å². The summed E-state index contributed by atoms with van der Waals surface area (Å²) in [6.45, 7) is 9.42. The molecule has 0 N–H and O–H groups in total. The van der Waals surface area contributed by atoms with Crippen molar-refractivity contribution >= 4 is 18.7 Å². The maximum Gasteiger partial charge on any atom is 0.261 e. The number of rotatable bonds is 7. The predicted molar refractivity (Wildman–Crippen MR) is 127 cm³/mol. The van der Waals surface area contributed by atoms with Gasteiger partial charge in [-0.05, 0) is 22.3 Å². The van der Waals surface area contributed by atoms with Gasteiger partial charge in [-0.3, -0.25) is 0 Å². The van der Waals surface area contributed by atoms with E-state index in [0.29, 0.717) is 6.61 Å². The Morgan fingerprint density at radius 1 is 1.00 bits per heavy atom. The van der Waals surface area contributed by atoms with E-state index in [1.54, 1.807) is 0 Å². The minimum atomic E-state index is -2.55. The van der Waals surface area contributed by atoms with Crippen molar-refractivity contribution in [3.05, 3.63) is 78.9 Å². The first-order valence-corrected chi connectivity index (χ1v) is 12.4. The molecule has 0 unspecified atom stereocenters. The van der Waals surface area contributed by atoms with Gasteiger partial charge in [0, 0.05) is 37.9 Å². The van der Waals surface area contributed by atoms with Gasteiger partial charge in [-0.15, -0.1) is 5.92 Å². The van der Waals surface area contributed by atoms with E-state index < -0.39 is 8.32 Å². The molecular weight excluding hydrogens is 384 g/mol. The first-order valence-electron chi connectivity index (χ1n) is 10.5. The van der Waals surface area contributed by atoms with Crippen LogP contribution in [0.25, 0.3) is 0 Å². The molecule has 156 valence electrons. The Hall–Kier alpha value is -2.61. The van der Waals surface area contributed by atoms with Crippen molar-refractivity contribution in [3.63, 3.8) is 0 Å². The van der Waals surface area contributed by atoms with Gasteiger partial charge in [0.05, 0.1) is 6.33 Å². The van der Waals surface area contributed by atoms with Crippen LogP contribution >= 0.6 is 0 Å². The van der Waals surface area contributed by atoms with E-state index in [1.165, 1.54) is 16.1 Å². The molecule has 0 amide bonds. The van der Waals surface area contributed by atoms with Crippen LogP contribution in [0.4, 0.5) is 0 Å². The third-order valence-electron chi connectivity index (χ3n) is 5.64. The summed E-state index contributed by atoms with van der Waals surface area (Å²) in [5.74, 6) is 6.61. The van der Waals surface area contributed by atoms with Crippen LogP contribution in [0.1, 0.15) is 33.4 Å². The summed E-state index contributed by atoms with van der Waals surface area (Å²) in [6, 6.07) is 21.5. The molecule has 0 spiro atoms. The zero-order valence-electron chi connectivity index (χ0n) is 18.7. The molecule has 4 heteroatoms. The van der Waals surface area contributed by atoms with E-state index in [0.717, 1.165) is 6.42 Å². The van der Waals surface area contributed by atoms with Gasteiger partial charge in [0.1, 0.15) is 0 Å². The zero-order valence-corrected chi connectivity index (χ0v) is 19.7. The van der Waals surface area contributed by atoms with E-state index in [4.69, 9.17) is 4.43 Å². The zero-order chi connectivity index (χ0) is 21.6. The Kier molecular flexibility index (Phi) is 6.97. The van der Waals surface area contributed by atoms with Gasteiger partial charge >= 0.3 is 0 Å². The Bertz CT molecular complexity index is 955. The van der Waals surface area contributed by atoms with Gasteiger partial charge in [0.25, 0.3) is 8.32 Å². The van der Waals surface area contributed by atoms with E-state index in [-0.39, 0.29) is 11.0 Å². The number of hydrogen-bond donors (Lipinski definition) is 0. The summed E-state index contributed by atoms with van der Waals surface area (Å²) in [6.07, 6.45) is 4.59. The molecule has 3 nitrogen and oxygen atoms in total. The van der Waals surface area contributed by atoms with Crippen LogP contribution in [0.5, 0.6) is 0 Å². The highest BCUT2D eigenvalue weighted by Gasteiger charge is 2.50. The van der Waals surface area contributed by atoms with Crippen molar-refractivity contribution < 1.29 is 4.43 Å². The molecule has 0 bridgehead atoms. The van der Waals surface area contributed by atoms with Crippen LogP contribution < -0.4 is 10.4 Å². The average Bonchev–Trinajstić information content (AvgIpc) is 3.13. The lowest BCUT2D eigenvalue weighted by Crippen LogP contribution is -2.66. The van der Waals surface area contributed by atoms with Crippen molar-refractivity contribution in [2.24, 2.45) is 13.0 Å². The maximum absolute atomic E-state index is 7.08. The molecule has 1 aromatic heterocycles. The largest absolute Gasteiger partial charge is 0.406 e. The molecule has 3 rings (SSSR count). The second kappa shape index (κ2) is 9.47. The van der Waals surface area contributed by atoms with Gasteiger partial charge in [-0.1, -0.05) is 87.4 Å². The molecule has 3 aromatic rings. The molecule has 0 aliphatic carbocycles. The molecule has 1 heterocycles. The molecule has 2 aromatic carbocycles. The van der Waals surface area contributed by atoms with Gasteiger partial charge in [0.15, 0.2) is 0 Å². The van der Waals surface area contributed by atoms with Crippen LogP contribution in [0, 0.1) is 17.8 Å². The van der Waals surface area contributed by atoms with Crippen LogP contribution in [0.2, 0.25) is 5.04 Å². The van der Waals surface area contributed by atoms with E-state index in [2.05, 4.69) is 103 Å². The first-order chi connectivity index (χ1) is 14.4. The molecule has 0 radical (unpaired) electrons. The fraction of sp³-hybridized carbons (Fsp3) is 0.346. The lowest BCUT2D eigenvalue weighted by Gasteiger charge is -2.43. The number of hydrogen-bond acceptors (Lipinski definition) is 2. The summed E-state index contributed by atoms with van der Waals surface area (Å²) in [4.78, 5) is 4.26. The molecule has 0 aliphatic heterocycles. The smallest absolute Gasteiger partial charge is 0.261 e. The number of imidazole rings is 1. The summed E-state index contributed by atoms with van der Waals surface area (Å²) in [7, 11) is -0.516. The molecule has 0 saturated carbocycles. The van der Waals surface area contributed by atoms with E-state index in [9.17, 15) is 0 Å². The fourth-order valence-corrected chi connectivity index (χ4v) is 8.78. The third kappa shape index (κ3) is 4.58. The Morgan fingerprint density at radius 2 is 1.57 bits per heavy atom. The van der Waals surface area contributed by atoms with Crippen LogP contribution in [-0.2, 0) is 17.9 Å². The average molecular weight is 417 g/mol. The summed E-state index contributed by atoms with van der Waals surface area (Å²) < 4.78 is 9.14.